The summed E-state index contributed by atoms with van der Waals surface area (Å²) in [4.78, 5) is 4.29. The van der Waals surface area contributed by atoms with E-state index in [0.29, 0.717) is 5.15 Å². The van der Waals surface area contributed by atoms with Crippen molar-refractivity contribution in [3.63, 3.8) is 0 Å². The number of halogens is 1. The highest BCUT2D eigenvalue weighted by Crippen LogP contribution is 2.40. The van der Waals surface area contributed by atoms with E-state index >= 15 is 0 Å². The molecule has 2 heterocycles. The van der Waals surface area contributed by atoms with E-state index < -0.39 is 0 Å². The fraction of sp³-hybridized carbons (Fsp3) is 0.333. The average molecular weight is 226 g/mol. The van der Waals surface area contributed by atoms with Crippen LogP contribution in [0.3, 0.4) is 0 Å². The molecule has 3 nitrogen and oxygen atoms in total. The first-order valence-electron chi connectivity index (χ1n) is 4.60. The Hall–Kier alpha value is -0.660. The summed E-state index contributed by atoms with van der Waals surface area (Å²) < 4.78 is 1.98. The second-order valence-corrected chi connectivity index (χ2v) is 5.39. The summed E-state index contributed by atoms with van der Waals surface area (Å²) >= 11 is 5.85. The maximum atomic E-state index is 5.85. The van der Waals surface area contributed by atoms with Crippen molar-refractivity contribution in [3.8, 4) is 0 Å². The molecule has 3 rings (SSSR count). The number of aromatic nitrogens is 3. The molecule has 14 heavy (non-hydrogen) atoms. The van der Waals surface area contributed by atoms with Crippen LogP contribution in [-0.2, 0) is 0 Å². The molecule has 1 atom stereocenters. The molecule has 1 saturated carbocycles. The Bertz CT molecular complexity index is 478. The molecule has 1 fully saturated rings. The Kier molecular flexibility index (Phi) is 1.96. The van der Waals surface area contributed by atoms with Crippen molar-refractivity contribution >= 4 is 31.4 Å². The van der Waals surface area contributed by atoms with E-state index in [1.54, 1.807) is 6.07 Å². The summed E-state index contributed by atoms with van der Waals surface area (Å²) in [6.45, 7) is 0. The number of pyridine rings is 1. The Labute approximate surface area is 88.3 Å². The molecule has 1 unspecified atom stereocenters. The van der Waals surface area contributed by atoms with Gasteiger partial charge in [0.2, 0.25) is 0 Å². The van der Waals surface area contributed by atoms with Crippen molar-refractivity contribution in [1.82, 2.24) is 14.5 Å². The maximum absolute atomic E-state index is 5.85. The van der Waals surface area contributed by atoms with Crippen LogP contribution in [0.1, 0.15) is 12.8 Å². The SMILES string of the molecule is Clc1ccc2cnn(PC3CC3)c2n1. The quantitative estimate of drug-likeness (QED) is 0.581. The number of nitrogens with zero attached hydrogens (tertiary/aromatic N) is 3. The van der Waals surface area contributed by atoms with Crippen LogP contribution in [0.2, 0.25) is 5.15 Å². The van der Waals surface area contributed by atoms with Crippen molar-refractivity contribution in [2.24, 2.45) is 0 Å². The molecule has 0 N–H and O–H groups in total. The van der Waals surface area contributed by atoms with Crippen LogP contribution in [0, 0.1) is 0 Å². The zero-order chi connectivity index (χ0) is 9.54. The predicted molar refractivity (Wildman–Crippen MR) is 59.3 cm³/mol. The Morgan fingerprint density at radius 2 is 2.29 bits per heavy atom. The standard InChI is InChI=1S/C9H9ClN3P/c10-8-4-1-6-5-11-13(9(6)12-8)14-7-2-3-7/h1,4-5,7,14H,2-3H2. The second-order valence-electron chi connectivity index (χ2n) is 3.51. The van der Waals surface area contributed by atoms with Gasteiger partial charge in [0, 0.05) is 14.1 Å². The molecule has 72 valence electrons. The van der Waals surface area contributed by atoms with E-state index in [1.165, 1.54) is 12.8 Å². The third-order valence-corrected chi connectivity index (χ3v) is 3.99. The minimum absolute atomic E-state index is 0.542. The Morgan fingerprint density at radius 3 is 3.07 bits per heavy atom. The summed E-state index contributed by atoms with van der Waals surface area (Å²) in [5.74, 6) is 0. The summed E-state index contributed by atoms with van der Waals surface area (Å²) in [6.07, 6.45) is 4.52. The highest BCUT2D eigenvalue weighted by atomic mass is 35.5. The van der Waals surface area contributed by atoms with Crippen molar-refractivity contribution in [2.45, 2.75) is 18.5 Å². The van der Waals surface area contributed by atoms with Gasteiger partial charge in [0.1, 0.15) is 5.15 Å². The molecular weight excluding hydrogens is 217 g/mol. The van der Waals surface area contributed by atoms with Crippen molar-refractivity contribution in [3.05, 3.63) is 23.5 Å². The van der Waals surface area contributed by atoms with Gasteiger partial charge in [0.05, 0.1) is 6.20 Å². The molecule has 0 saturated heterocycles. The Morgan fingerprint density at radius 1 is 1.43 bits per heavy atom. The first kappa shape index (κ1) is 8.63. The smallest absolute Gasteiger partial charge is 0.162 e. The number of hydrogen-bond donors (Lipinski definition) is 0. The molecule has 1 aliphatic carbocycles. The first-order chi connectivity index (χ1) is 6.83. The molecule has 0 radical (unpaired) electrons. The lowest BCUT2D eigenvalue weighted by molar-refractivity contribution is 1.01. The second kappa shape index (κ2) is 3.18. The molecular formula is C9H9ClN3P. The van der Waals surface area contributed by atoms with Crippen LogP contribution in [0.5, 0.6) is 0 Å². The van der Waals surface area contributed by atoms with Gasteiger partial charge in [-0.25, -0.2) is 9.44 Å². The summed E-state index contributed by atoms with van der Waals surface area (Å²) in [7, 11) is 0.731. The van der Waals surface area contributed by atoms with Crippen molar-refractivity contribution < 1.29 is 0 Å². The lowest BCUT2D eigenvalue weighted by Gasteiger charge is -2.00. The fourth-order valence-electron chi connectivity index (χ4n) is 1.36. The van der Waals surface area contributed by atoms with Gasteiger partial charge in [-0.15, -0.1) is 0 Å². The normalized spacial score (nSPS) is 17.2. The molecule has 0 amide bonds. The van der Waals surface area contributed by atoms with Gasteiger partial charge in [-0.2, -0.15) is 5.10 Å². The molecule has 1 aliphatic rings. The van der Waals surface area contributed by atoms with E-state index in [4.69, 9.17) is 11.6 Å². The summed E-state index contributed by atoms with van der Waals surface area (Å²) in [6, 6.07) is 3.77. The topological polar surface area (TPSA) is 30.7 Å². The zero-order valence-corrected chi connectivity index (χ0v) is 9.20. The number of rotatable bonds is 2. The van der Waals surface area contributed by atoms with Gasteiger partial charge in [-0.1, -0.05) is 11.6 Å². The minimum Gasteiger partial charge on any atom is -0.229 e. The van der Waals surface area contributed by atoms with Crippen LogP contribution >= 0.6 is 20.3 Å². The predicted octanol–water partition coefficient (Wildman–Crippen LogP) is 2.69. The Balaban J connectivity index is 2.08. The van der Waals surface area contributed by atoms with Gasteiger partial charge in [-0.05, 0) is 30.6 Å². The molecule has 0 aliphatic heterocycles. The van der Waals surface area contributed by atoms with Gasteiger partial charge in [0.15, 0.2) is 5.65 Å². The van der Waals surface area contributed by atoms with Crippen LogP contribution in [0.15, 0.2) is 18.3 Å². The molecule has 2 aromatic rings. The third-order valence-electron chi connectivity index (χ3n) is 2.27. The lowest BCUT2D eigenvalue weighted by atomic mass is 10.4. The monoisotopic (exact) mass is 225 g/mol. The van der Waals surface area contributed by atoms with E-state index in [0.717, 1.165) is 25.4 Å². The number of fused-ring (bicyclic) bond motifs is 1. The highest BCUT2D eigenvalue weighted by molar-refractivity contribution is 7.37. The van der Waals surface area contributed by atoms with Gasteiger partial charge in [0.25, 0.3) is 0 Å². The van der Waals surface area contributed by atoms with E-state index in [9.17, 15) is 0 Å². The molecule has 0 bridgehead atoms. The van der Waals surface area contributed by atoms with Gasteiger partial charge < -0.3 is 0 Å². The van der Waals surface area contributed by atoms with Gasteiger partial charge in [-0.3, -0.25) is 0 Å². The number of hydrogen-bond acceptors (Lipinski definition) is 2. The van der Waals surface area contributed by atoms with Crippen molar-refractivity contribution in [2.75, 3.05) is 0 Å². The van der Waals surface area contributed by atoms with Crippen LogP contribution < -0.4 is 0 Å². The van der Waals surface area contributed by atoms with E-state index in [2.05, 4.69) is 10.1 Å². The van der Waals surface area contributed by atoms with Crippen LogP contribution in [0.4, 0.5) is 0 Å². The summed E-state index contributed by atoms with van der Waals surface area (Å²) in [5.41, 5.74) is 1.75. The molecule has 5 heteroatoms. The summed E-state index contributed by atoms with van der Waals surface area (Å²) in [5, 5.41) is 5.94. The van der Waals surface area contributed by atoms with Crippen LogP contribution in [-0.4, -0.2) is 20.2 Å². The largest absolute Gasteiger partial charge is 0.229 e. The average Bonchev–Trinajstić information content (AvgIpc) is 2.90. The minimum atomic E-state index is 0.542. The molecule has 0 aromatic carbocycles. The third kappa shape index (κ3) is 1.51. The molecule has 2 aromatic heterocycles. The van der Waals surface area contributed by atoms with Crippen LogP contribution in [0.25, 0.3) is 11.0 Å². The van der Waals surface area contributed by atoms with Gasteiger partial charge >= 0.3 is 0 Å². The fourth-order valence-corrected chi connectivity index (χ4v) is 2.70. The highest BCUT2D eigenvalue weighted by Gasteiger charge is 2.23. The van der Waals surface area contributed by atoms with E-state index in [-0.39, 0.29) is 0 Å². The lowest BCUT2D eigenvalue weighted by Crippen LogP contribution is -1.90. The molecule has 0 spiro atoms. The van der Waals surface area contributed by atoms with E-state index in [1.807, 2.05) is 16.7 Å². The zero-order valence-electron chi connectivity index (χ0n) is 7.44. The maximum Gasteiger partial charge on any atom is 0.162 e. The van der Waals surface area contributed by atoms with Crippen molar-refractivity contribution in [1.29, 1.82) is 0 Å². The first-order valence-corrected chi connectivity index (χ1v) is 6.00.